The van der Waals surface area contributed by atoms with Crippen molar-refractivity contribution in [2.24, 2.45) is 0 Å². The van der Waals surface area contributed by atoms with E-state index in [0.717, 1.165) is 0 Å². The van der Waals surface area contributed by atoms with E-state index in [2.05, 4.69) is 82.4 Å². The number of ether oxygens (including phenoxy) is 4. The molecule has 0 spiro atoms. The highest BCUT2D eigenvalue weighted by Gasteiger charge is 2.24. The van der Waals surface area contributed by atoms with Gasteiger partial charge in [-0.05, 0) is 61.4 Å². The molecule has 0 radical (unpaired) electrons. The standard InChI is InChI=1S/C54H68N18O16/c55-53-69-45-43(49(79)71-53)65-35(29-63-45)27-61-33-5-1-31(2-6-33)47(77)67-37(51(81)82)9-11-39(73)57-15-19-85-23-25-87-21-17-59-41(75)13-14-42(76)60-18-22-88-26-24-86-20-16-58-40(74)12-10-38(52(83)84)68-48(78)32-3-7-34(8-4-32)62-28-36-30-64-46-44(66-36)50(80)72-54(56)70-46/h1-8,29-30,37-38,61-62H,9-28H2,(H,57,73)(H,58,74)(H,59,75)(H,60,76)(H,67,77)(H,68,78)(H,81,82)(H,83,84)(H3,55,63,69,71,79)(H3,56,64,70,72,80)/t37-,38-/m0/s1. The molecule has 2 aromatic carbocycles. The topological polar surface area (TPSA) is 505 Å². The SMILES string of the molecule is Nc1nc2ncc(CNc3ccc(C(=O)N[C@@H](CCC(=O)NCCOCCOCCNC(=O)CCC(=O)NCCOCCOCCNC(=O)CC[C@H](NC(=O)c4ccc(NCc5cnc6nc(N)[nH]c(=O)c6n5)cc4)C(=O)O)C(=O)O)cc3)nc2c(=O)[nH]1. The van der Waals surface area contributed by atoms with Crippen LogP contribution in [0.1, 0.15) is 70.6 Å². The summed E-state index contributed by atoms with van der Waals surface area (Å²) >= 11 is 0. The summed E-state index contributed by atoms with van der Waals surface area (Å²) in [7, 11) is 0. The van der Waals surface area contributed by atoms with Gasteiger partial charge in [-0.1, -0.05) is 0 Å². The highest BCUT2D eigenvalue weighted by molar-refractivity contribution is 5.98. The summed E-state index contributed by atoms with van der Waals surface area (Å²) in [6, 6.07) is 9.72. The van der Waals surface area contributed by atoms with Gasteiger partial charge in [0, 0.05) is 74.4 Å². The molecule has 4 heterocycles. The van der Waals surface area contributed by atoms with Gasteiger partial charge in [-0.25, -0.2) is 29.5 Å². The molecule has 0 saturated carbocycles. The lowest BCUT2D eigenvalue weighted by Crippen LogP contribution is -2.41. The highest BCUT2D eigenvalue weighted by Crippen LogP contribution is 2.15. The summed E-state index contributed by atoms with van der Waals surface area (Å²) in [5, 5.41) is 41.0. The molecule has 6 rings (SSSR count). The van der Waals surface area contributed by atoms with Crippen molar-refractivity contribution in [1.29, 1.82) is 0 Å². The zero-order chi connectivity index (χ0) is 63.2. The van der Waals surface area contributed by atoms with Crippen LogP contribution in [0.3, 0.4) is 0 Å². The maximum atomic E-state index is 12.8. The molecule has 0 aliphatic carbocycles. The van der Waals surface area contributed by atoms with Gasteiger partial charge in [-0.2, -0.15) is 9.97 Å². The van der Waals surface area contributed by atoms with Crippen LogP contribution in [0.2, 0.25) is 0 Å². The molecule has 470 valence electrons. The van der Waals surface area contributed by atoms with Crippen LogP contribution in [-0.2, 0) is 60.8 Å². The van der Waals surface area contributed by atoms with Crippen LogP contribution >= 0.6 is 0 Å². The van der Waals surface area contributed by atoms with Crippen LogP contribution in [0, 0.1) is 0 Å². The Labute approximate surface area is 499 Å². The third-order valence-corrected chi connectivity index (χ3v) is 12.3. The predicted molar refractivity (Wildman–Crippen MR) is 313 cm³/mol. The fourth-order valence-electron chi connectivity index (χ4n) is 7.80. The van der Waals surface area contributed by atoms with E-state index in [1.807, 2.05) is 0 Å². The first-order chi connectivity index (χ1) is 42.4. The Bertz CT molecular complexity index is 3250. The minimum Gasteiger partial charge on any atom is -0.480 e. The molecule has 4 aromatic heterocycles. The third kappa shape index (κ3) is 23.3. The largest absolute Gasteiger partial charge is 0.480 e. The van der Waals surface area contributed by atoms with Crippen LogP contribution in [-0.4, -0.2) is 189 Å². The molecule has 0 unspecified atom stereocenters. The van der Waals surface area contributed by atoms with E-state index in [1.54, 1.807) is 24.3 Å². The van der Waals surface area contributed by atoms with Gasteiger partial charge in [0.2, 0.25) is 35.5 Å². The second-order valence-electron chi connectivity index (χ2n) is 19.0. The quantitative estimate of drug-likeness (QED) is 0.0187. The lowest BCUT2D eigenvalue weighted by Gasteiger charge is -2.15. The molecule has 0 bridgehead atoms. The normalized spacial score (nSPS) is 11.7. The number of carbonyl (C=O) groups excluding carboxylic acids is 6. The van der Waals surface area contributed by atoms with Crippen LogP contribution < -0.4 is 65.1 Å². The third-order valence-electron chi connectivity index (χ3n) is 12.3. The van der Waals surface area contributed by atoms with Gasteiger partial charge >= 0.3 is 11.9 Å². The molecular weight excluding hydrogens is 1160 g/mol. The Morgan fingerprint density at radius 3 is 1.12 bits per heavy atom. The van der Waals surface area contributed by atoms with Gasteiger partial charge in [0.05, 0.1) is 89.7 Å². The van der Waals surface area contributed by atoms with Crippen molar-refractivity contribution in [2.75, 3.05) is 101 Å². The number of hydrogen-bond acceptors (Lipinski definition) is 24. The Kier molecular flexibility index (Phi) is 26.7. The molecular formula is C54H68N18O16. The number of carboxylic acid groups (broad SMARTS) is 2. The van der Waals surface area contributed by atoms with Crippen molar-refractivity contribution in [2.45, 2.75) is 63.7 Å². The van der Waals surface area contributed by atoms with Gasteiger partial charge < -0.3 is 83.2 Å². The monoisotopic (exact) mass is 1220 g/mol. The molecule has 0 saturated heterocycles. The zero-order valence-electron chi connectivity index (χ0n) is 47.5. The number of anilines is 4. The second-order valence-corrected chi connectivity index (χ2v) is 19.0. The maximum absolute atomic E-state index is 12.8. The first-order valence-electron chi connectivity index (χ1n) is 27.6. The number of nitrogens with zero attached hydrogens (tertiary/aromatic N) is 6. The number of H-pyrrole nitrogens is 2. The van der Waals surface area contributed by atoms with Crippen LogP contribution in [0.5, 0.6) is 0 Å². The summed E-state index contributed by atoms with van der Waals surface area (Å²) in [6.45, 7) is 2.55. The number of aliphatic carboxylic acids is 2. The van der Waals surface area contributed by atoms with Gasteiger partial charge in [0.1, 0.15) is 12.1 Å². The molecule has 34 heteroatoms. The summed E-state index contributed by atoms with van der Waals surface area (Å²) in [6.07, 6.45) is 2.12. The number of aromatic nitrogens is 8. The van der Waals surface area contributed by atoms with Crippen molar-refractivity contribution in [3.8, 4) is 0 Å². The number of rotatable bonds is 39. The van der Waals surface area contributed by atoms with E-state index >= 15 is 0 Å². The first-order valence-corrected chi connectivity index (χ1v) is 27.6. The van der Waals surface area contributed by atoms with Crippen molar-refractivity contribution in [1.82, 2.24) is 71.8 Å². The average molecular weight is 1230 g/mol. The summed E-state index contributed by atoms with van der Waals surface area (Å²) in [5.74, 6) is -5.62. The number of nitrogens with one attached hydrogen (secondary N) is 10. The second kappa shape index (κ2) is 35.2. The van der Waals surface area contributed by atoms with Gasteiger partial charge in [-0.15, -0.1) is 0 Å². The van der Waals surface area contributed by atoms with Crippen LogP contribution in [0.25, 0.3) is 22.3 Å². The molecule has 6 amide bonds. The van der Waals surface area contributed by atoms with E-state index in [9.17, 15) is 58.2 Å². The number of benzene rings is 2. The van der Waals surface area contributed by atoms with Crippen molar-refractivity contribution >= 4 is 93.0 Å². The average Bonchev–Trinajstić information content (AvgIpc) is 3.48. The van der Waals surface area contributed by atoms with E-state index in [-0.39, 0.29) is 188 Å². The molecule has 0 aliphatic rings. The molecule has 0 fully saturated rings. The highest BCUT2D eigenvalue weighted by atomic mass is 16.5. The van der Waals surface area contributed by atoms with Crippen molar-refractivity contribution < 1.29 is 67.5 Å². The van der Waals surface area contributed by atoms with E-state index in [4.69, 9.17) is 30.4 Å². The number of aromatic amines is 2. The summed E-state index contributed by atoms with van der Waals surface area (Å²) < 4.78 is 21.7. The number of fused-ring (bicyclic) bond motifs is 2. The lowest BCUT2D eigenvalue weighted by atomic mass is 10.1. The summed E-state index contributed by atoms with van der Waals surface area (Å²) in [4.78, 5) is 152. The van der Waals surface area contributed by atoms with Crippen molar-refractivity contribution in [3.63, 3.8) is 0 Å². The van der Waals surface area contributed by atoms with Crippen LogP contribution in [0.4, 0.5) is 23.3 Å². The maximum Gasteiger partial charge on any atom is 0.326 e. The minimum atomic E-state index is -1.33. The number of carbonyl (C=O) groups is 8. The smallest absolute Gasteiger partial charge is 0.326 e. The molecule has 34 nitrogen and oxygen atoms in total. The molecule has 0 aliphatic heterocycles. The lowest BCUT2D eigenvalue weighted by molar-refractivity contribution is -0.140. The Hall–Kier alpha value is -10.3. The number of nitrogen functional groups attached to an aromatic ring is 2. The molecule has 6 aromatic rings. The number of hydrogen-bond donors (Lipinski definition) is 14. The zero-order valence-corrected chi connectivity index (χ0v) is 47.5. The van der Waals surface area contributed by atoms with E-state index < -0.39 is 58.8 Å². The fourth-order valence-corrected chi connectivity index (χ4v) is 7.80. The van der Waals surface area contributed by atoms with Gasteiger partial charge in [0.15, 0.2) is 22.3 Å². The predicted octanol–water partition coefficient (Wildman–Crippen LogP) is -1.93. The summed E-state index contributed by atoms with van der Waals surface area (Å²) in [5.41, 5.74) is 12.8. The molecule has 2 atom stereocenters. The molecule has 88 heavy (non-hydrogen) atoms. The van der Waals surface area contributed by atoms with Crippen molar-refractivity contribution in [3.05, 3.63) is 104 Å². The number of nitrogens with two attached hydrogens (primary N) is 2. The van der Waals surface area contributed by atoms with E-state index in [0.29, 0.717) is 22.8 Å². The first kappa shape index (κ1) is 66.8. The Balaban J connectivity index is 0.688. The van der Waals surface area contributed by atoms with E-state index in [1.165, 1.54) is 36.7 Å². The van der Waals surface area contributed by atoms with Gasteiger partial charge in [-0.3, -0.25) is 48.3 Å². The Morgan fingerprint density at radius 1 is 0.466 bits per heavy atom. The Morgan fingerprint density at radius 2 is 0.795 bits per heavy atom. The van der Waals surface area contributed by atoms with Gasteiger partial charge in [0.25, 0.3) is 22.9 Å². The molecule has 16 N–H and O–H groups in total. The fraction of sp³-hybridized carbons (Fsp3) is 0.407. The number of carboxylic acids is 2. The number of amides is 6. The van der Waals surface area contributed by atoms with Crippen LogP contribution in [0.15, 0.2) is 70.5 Å². The minimum absolute atomic E-state index is 0.0308.